The SMILES string of the molecule is c1ccc2c(-c3c4ccccc4c(-c4ccc5c6ccccc6c6ccccc6c5c4)c4ccc5ccccc5c34)cccc2c1. The molecular weight excluding hydrogens is 553 g/mol. The van der Waals surface area contributed by atoms with Gasteiger partial charge in [-0.3, -0.25) is 0 Å². The van der Waals surface area contributed by atoms with Crippen LogP contribution in [0.25, 0.3) is 97.7 Å². The zero-order valence-corrected chi connectivity index (χ0v) is 25.2. The fourth-order valence-electron chi connectivity index (χ4n) is 8.05. The molecule has 0 nitrogen and oxygen atoms in total. The molecule has 0 saturated carbocycles. The van der Waals surface area contributed by atoms with E-state index >= 15 is 0 Å². The molecular formula is C46H28. The third-order valence-electron chi connectivity index (χ3n) is 10.0. The Hall–Kier alpha value is -5.98. The molecule has 10 aromatic rings. The van der Waals surface area contributed by atoms with Crippen molar-refractivity contribution in [1.29, 1.82) is 0 Å². The van der Waals surface area contributed by atoms with Crippen LogP contribution in [0.15, 0.2) is 170 Å². The van der Waals surface area contributed by atoms with Crippen molar-refractivity contribution in [2.75, 3.05) is 0 Å². The lowest BCUT2D eigenvalue weighted by Gasteiger charge is -2.21. The zero-order valence-electron chi connectivity index (χ0n) is 25.2. The number of benzene rings is 10. The first-order valence-electron chi connectivity index (χ1n) is 16.0. The zero-order chi connectivity index (χ0) is 30.2. The van der Waals surface area contributed by atoms with Gasteiger partial charge in [-0.1, -0.05) is 164 Å². The smallest absolute Gasteiger partial charge is 0.00139 e. The predicted octanol–water partition coefficient (Wildman–Crippen LogP) is 13.1. The van der Waals surface area contributed by atoms with Crippen LogP contribution in [0.5, 0.6) is 0 Å². The average molecular weight is 581 g/mol. The molecule has 0 aromatic heterocycles. The highest BCUT2D eigenvalue weighted by molar-refractivity contribution is 6.31. The molecule has 0 atom stereocenters. The molecule has 10 aromatic carbocycles. The van der Waals surface area contributed by atoms with Gasteiger partial charge in [-0.25, -0.2) is 0 Å². The van der Waals surface area contributed by atoms with Crippen LogP contribution in [-0.2, 0) is 0 Å². The lowest BCUT2D eigenvalue weighted by atomic mass is 9.82. The Kier molecular flexibility index (Phi) is 5.38. The van der Waals surface area contributed by atoms with E-state index in [4.69, 9.17) is 0 Å². The largest absolute Gasteiger partial charge is 0.0616 e. The van der Waals surface area contributed by atoms with Gasteiger partial charge in [0.1, 0.15) is 0 Å². The summed E-state index contributed by atoms with van der Waals surface area (Å²) in [4.78, 5) is 0. The molecule has 0 aliphatic carbocycles. The van der Waals surface area contributed by atoms with Gasteiger partial charge in [0.15, 0.2) is 0 Å². The van der Waals surface area contributed by atoms with Crippen LogP contribution < -0.4 is 0 Å². The summed E-state index contributed by atoms with van der Waals surface area (Å²) in [5.41, 5.74) is 5.12. The molecule has 0 N–H and O–H groups in total. The van der Waals surface area contributed by atoms with Crippen LogP contribution in [0.2, 0.25) is 0 Å². The van der Waals surface area contributed by atoms with Crippen molar-refractivity contribution in [3.05, 3.63) is 170 Å². The highest BCUT2D eigenvalue weighted by Gasteiger charge is 2.20. The average Bonchev–Trinajstić information content (AvgIpc) is 3.13. The van der Waals surface area contributed by atoms with Crippen molar-refractivity contribution in [3.8, 4) is 22.3 Å². The molecule has 0 radical (unpaired) electrons. The molecule has 46 heavy (non-hydrogen) atoms. The van der Waals surface area contributed by atoms with Crippen molar-refractivity contribution in [2.24, 2.45) is 0 Å². The van der Waals surface area contributed by atoms with Gasteiger partial charge in [0, 0.05) is 0 Å². The quantitative estimate of drug-likeness (QED) is 0.141. The first kappa shape index (κ1) is 25.4. The first-order valence-corrected chi connectivity index (χ1v) is 16.0. The standard InChI is InChI=1S/C46H28/c1-3-15-32-29(12-1)14-11-23-39(32)46-41-22-10-9-21-40(41)44(42-27-24-30-13-2-4-16-33(30)45(42)46)31-25-26-38-36-19-6-5-17-34(36)35-18-7-8-20-37(35)43(38)28-31/h1-28H. The third kappa shape index (κ3) is 3.56. The lowest BCUT2D eigenvalue weighted by Crippen LogP contribution is -1.93. The number of hydrogen-bond donors (Lipinski definition) is 0. The molecule has 0 aliphatic heterocycles. The Morgan fingerprint density at radius 2 is 0.696 bits per heavy atom. The highest BCUT2D eigenvalue weighted by atomic mass is 14.2. The fraction of sp³-hybridized carbons (Fsp3) is 0. The fourth-order valence-corrected chi connectivity index (χ4v) is 8.05. The van der Waals surface area contributed by atoms with Gasteiger partial charge in [0.25, 0.3) is 0 Å². The summed E-state index contributed by atoms with van der Waals surface area (Å²) in [6, 6.07) is 62.9. The van der Waals surface area contributed by atoms with Crippen molar-refractivity contribution >= 4 is 75.4 Å². The van der Waals surface area contributed by atoms with Crippen molar-refractivity contribution < 1.29 is 0 Å². The second-order valence-corrected chi connectivity index (χ2v) is 12.4. The Morgan fingerprint density at radius 1 is 0.239 bits per heavy atom. The van der Waals surface area contributed by atoms with E-state index in [0.29, 0.717) is 0 Å². The Labute approximate surface area is 266 Å². The van der Waals surface area contributed by atoms with E-state index in [9.17, 15) is 0 Å². The molecule has 0 amide bonds. The summed E-state index contributed by atoms with van der Waals surface area (Å²) in [6.07, 6.45) is 0. The van der Waals surface area contributed by atoms with E-state index < -0.39 is 0 Å². The van der Waals surface area contributed by atoms with E-state index in [2.05, 4.69) is 170 Å². The summed E-state index contributed by atoms with van der Waals surface area (Å²) in [5, 5.41) is 18.0. The monoisotopic (exact) mass is 580 g/mol. The van der Waals surface area contributed by atoms with Gasteiger partial charge in [-0.05, 0) is 104 Å². The predicted molar refractivity (Wildman–Crippen MR) is 200 cm³/mol. The van der Waals surface area contributed by atoms with E-state index in [-0.39, 0.29) is 0 Å². The molecule has 0 fully saturated rings. The van der Waals surface area contributed by atoms with Crippen LogP contribution in [0, 0.1) is 0 Å². The van der Waals surface area contributed by atoms with Gasteiger partial charge < -0.3 is 0 Å². The molecule has 0 heterocycles. The van der Waals surface area contributed by atoms with Gasteiger partial charge >= 0.3 is 0 Å². The van der Waals surface area contributed by atoms with Crippen LogP contribution in [-0.4, -0.2) is 0 Å². The maximum absolute atomic E-state index is 2.44. The molecule has 0 saturated heterocycles. The minimum absolute atomic E-state index is 1.24. The van der Waals surface area contributed by atoms with Crippen LogP contribution in [0.3, 0.4) is 0 Å². The van der Waals surface area contributed by atoms with Gasteiger partial charge in [-0.15, -0.1) is 0 Å². The Bertz CT molecular complexity index is 2810. The minimum Gasteiger partial charge on any atom is -0.0616 e. The van der Waals surface area contributed by atoms with Crippen molar-refractivity contribution in [1.82, 2.24) is 0 Å². The van der Waals surface area contributed by atoms with E-state index in [1.54, 1.807) is 0 Å². The van der Waals surface area contributed by atoms with Gasteiger partial charge in [0.2, 0.25) is 0 Å². The maximum atomic E-state index is 2.44. The number of hydrogen-bond acceptors (Lipinski definition) is 0. The highest BCUT2D eigenvalue weighted by Crippen LogP contribution is 2.48. The van der Waals surface area contributed by atoms with E-state index in [1.165, 1.54) is 97.7 Å². The van der Waals surface area contributed by atoms with E-state index in [0.717, 1.165) is 0 Å². The normalized spacial score (nSPS) is 11.9. The van der Waals surface area contributed by atoms with Crippen LogP contribution in [0.4, 0.5) is 0 Å². The summed E-state index contributed by atoms with van der Waals surface area (Å²) in [7, 11) is 0. The molecule has 10 rings (SSSR count). The lowest BCUT2D eigenvalue weighted by molar-refractivity contribution is 1.70. The summed E-state index contributed by atoms with van der Waals surface area (Å²) >= 11 is 0. The molecule has 0 bridgehead atoms. The van der Waals surface area contributed by atoms with Gasteiger partial charge in [-0.2, -0.15) is 0 Å². The Balaban J connectivity index is 1.41. The van der Waals surface area contributed by atoms with Gasteiger partial charge in [0.05, 0.1) is 0 Å². The first-order chi connectivity index (χ1) is 22.8. The maximum Gasteiger partial charge on any atom is -0.00139 e. The molecule has 0 heteroatoms. The topological polar surface area (TPSA) is 0 Å². The Morgan fingerprint density at radius 3 is 1.37 bits per heavy atom. The van der Waals surface area contributed by atoms with Crippen LogP contribution in [0.1, 0.15) is 0 Å². The number of fused-ring (bicyclic) bond motifs is 11. The number of rotatable bonds is 2. The third-order valence-corrected chi connectivity index (χ3v) is 10.0. The summed E-state index contributed by atoms with van der Waals surface area (Å²) < 4.78 is 0. The second kappa shape index (κ2) is 9.76. The van der Waals surface area contributed by atoms with E-state index in [1.807, 2.05) is 0 Å². The second-order valence-electron chi connectivity index (χ2n) is 12.4. The summed E-state index contributed by atoms with van der Waals surface area (Å²) in [5.74, 6) is 0. The van der Waals surface area contributed by atoms with Crippen molar-refractivity contribution in [2.45, 2.75) is 0 Å². The minimum atomic E-state index is 1.24. The summed E-state index contributed by atoms with van der Waals surface area (Å²) in [6.45, 7) is 0. The molecule has 0 unspecified atom stereocenters. The molecule has 0 aliphatic rings. The molecule has 0 spiro atoms. The molecule has 212 valence electrons. The van der Waals surface area contributed by atoms with Crippen LogP contribution >= 0.6 is 0 Å². The van der Waals surface area contributed by atoms with Crippen molar-refractivity contribution in [3.63, 3.8) is 0 Å².